The van der Waals surface area contributed by atoms with Gasteiger partial charge in [-0.05, 0) is 43.3 Å². The van der Waals surface area contributed by atoms with Crippen LogP contribution in [0.5, 0.6) is 0 Å². The molecule has 2 amide bonds. The summed E-state index contributed by atoms with van der Waals surface area (Å²) in [5.74, 6) is -0.482. The molecule has 6 heteroatoms. The van der Waals surface area contributed by atoms with Gasteiger partial charge in [0, 0.05) is 17.2 Å². The minimum atomic E-state index is -0.504. The zero-order chi connectivity index (χ0) is 15.2. The molecule has 4 N–H and O–H groups in total. The first-order valence-electron chi connectivity index (χ1n) is 7.08. The van der Waals surface area contributed by atoms with Crippen LogP contribution in [-0.4, -0.2) is 16.9 Å². The summed E-state index contributed by atoms with van der Waals surface area (Å²) in [6.07, 6.45) is 5.24. The van der Waals surface area contributed by atoms with Crippen LogP contribution in [0.1, 0.15) is 42.5 Å². The smallest absolute Gasteiger partial charge is 0.248 e. The van der Waals surface area contributed by atoms with Crippen molar-refractivity contribution in [2.24, 2.45) is 11.7 Å². The number of amides is 2. The number of hydrogen-bond donors (Lipinski definition) is 3. The first-order chi connectivity index (χ1) is 10.1. The van der Waals surface area contributed by atoms with Crippen molar-refractivity contribution in [1.82, 2.24) is 5.32 Å². The first-order valence-corrected chi connectivity index (χ1v) is 7.49. The molecule has 1 aromatic rings. The van der Waals surface area contributed by atoms with Crippen LogP contribution in [0.4, 0.5) is 5.69 Å². The molecule has 0 heterocycles. The molecule has 0 aliphatic heterocycles. The molecule has 1 saturated carbocycles. The summed E-state index contributed by atoms with van der Waals surface area (Å²) in [5.41, 5.74) is 6.24. The second-order valence-corrected chi connectivity index (χ2v) is 5.63. The van der Waals surface area contributed by atoms with E-state index in [4.69, 9.17) is 18.0 Å². The fraction of sp³-hybridized carbons (Fsp3) is 0.400. The average molecular weight is 305 g/mol. The Kier molecular flexibility index (Phi) is 5.27. The van der Waals surface area contributed by atoms with Gasteiger partial charge in [-0.1, -0.05) is 25.3 Å². The van der Waals surface area contributed by atoms with Crippen LogP contribution in [0, 0.1) is 5.92 Å². The number of carbonyl (C=O) groups is 2. The summed E-state index contributed by atoms with van der Waals surface area (Å²) in [4.78, 5) is 23.2. The number of anilines is 1. The van der Waals surface area contributed by atoms with E-state index in [-0.39, 0.29) is 16.9 Å². The van der Waals surface area contributed by atoms with Gasteiger partial charge in [0.15, 0.2) is 5.11 Å². The molecule has 0 atom stereocenters. The molecule has 2 rings (SSSR count). The van der Waals surface area contributed by atoms with Crippen LogP contribution in [-0.2, 0) is 4.79 Å². The Balaban J connectivity index is 1.90. The van der Waals surface area contributed by atoms with E-state index in [9.17, 15) is 9.59 Å². The van der Waals surface area contributed by atoms with Crippen molar-refractivity contribution in [3.8, 4) is 0 Å². The summed E-state index contributed by atoms with van der Waals surface area (Å²) in [6, 6.07) is 6.68. The molecule has 112 valence electrons. The minimum Gasteiger partial charge on any atom is -0.366 e. The average Bonchev–Trinajstić information content (AvgIpc) is 2.48. The molecule has 0 spiro atoms. The fourth-order valence-electron chi connectivity index (χ4n) is 2.49. The highest BCUT2D eigenvalue weighted by molar-refractivity contribution is 7.80. The number of nitrogens with two attached hydrogens (primary N) is 1. The van der Waals surface area contributed by atoms with E-state index in [0.29, 0.717) is 11.3 Å². The molecule has 1 aromatic carbocycles. The standard InChI is InChI=1S/C15H19N3O2S/c16-13(19)11-7-4-8-12(9-11)17-15(21)18-14(20)10-5-2-1-3-6-10/h4,7-10H,1-3,5-6H2,(H2,16,19)(H2,17,18,20,21). The van der Waals surface area contributed by atoms with Crippen molar-refractivity contribution in [2.45, 2.75) is 32.1 Å². The number of nitrogens with one attached hydrogen (secondary N) is 2. The Morgan fingerprint density at radius 2 is 1.90 bits per heavy atom. The highest BCUT2D eigenvalue weighted by atomic mass is 32.1. The Labute approximate surface area is 129 Å². The van der Waals surface area contributed by atoms with Crippen LogP contribution < -0.4 is 16.4 Å². The Morgan fingerprint density at radius 1 is 1.19 bits per heavy atom. The SMILES string of the molecule is NC(=O)c1cccc(NC(=S)NC(=O)C2CCCCC2)c1. The van der Waals surface area contributed by atoms with Gasteiger partial charge in [-0.3, -0.25) is 9.59 Å². The minimum absolute atomic E-state index is 0.0294. The van der Waals surface area contributed by atoms with E-state index >= 15 is 0 Å². The lowest BCUT2D eigenvalue weighted by Gasteiger charge is -2.21. The predicted molar refractivity (Wildman–Crippen MR) is 85.9 cm³/mol. The summed E-state index contributed by atoms with van der Waals surface area (Å²) in [6.45, 7) is 0. The molecule has 1 aliphatic rings. The van der Waals surface area contributed by atoms with Crippen molar-refractivity contribution in [3.63, 3.8) is 0 Å². The normalized spacial score (nSPS) is 15.2. The molecule has 0 aromatic heterocycles. The molecule has 5 nitrogen and oxygen atoms in total. The highest BCUT2D eigenvalue weighted by Gasteiger charge is 2.21. The van der Waals surface area contributed by atoms with Crippen molar-refractivity contribution >= 4 is 34.8 Å². The van der Waals surface area contributed by atoms with E-state index in [0.717, 1.165) is 25.7 Å². The Morgan fingerprint density at radius 3 is 2.57 bits per heavy atom. The first kappa shape index (κ1) is 15.4. The quantitative estimate of drug-likeness (QED) is 0.747. The van der Waals surface area contributed by atoms with Crippen molar-refractivity contribution in [1.29, 1.82) is 0 Å². The number of hydrogen-bond acceptors (Lipinski definition) is 3. The maximum Gasteiger partial charge on any atom is 0.248 e. The summed E-state index contributed by atoms with van der Waals surface area (Å²) in [7, 11) is 0. The predicted octanol–water partition coefficient (Wildman–Crippen LogP) is 2.18. The number of primary amides is 1. The van der Waals surface area contributed by atoms with Gasteiger partial charge >= 0.3 is 0 Å². The largest absolute Gasteiger partial charge is 0.366 e. The number of benzene rings is 1. The Bertz CT molecular complexity index is 554. The van der Waals surface area contributed by atoms with E-state index in [1.807, 2.05) is 0 Å². The van der Waals surface area contributed by atoms with E-state index < -0.39 is 5.91 Å². The maximum atomic E-state index is 12.1. The van der Waals surface area contributed by atoms with Crippen LogP contribution in [0.2, 0.25) is 0 Å². The molecular formula is C15H19N3O2S. The van der Waals surface area contributed by atoms with Gasteiger partial charge < -0.3 is 16.4 Å². The van der Waals surface area contributed by atoms with Crippen LogP contribution in [0.3, 0.4) is 0 Å². The van der Waals surface area contributed by atoms with Crippen molar-refractivity contribution in [2.75, 3.05) is 5.32 Å². The van der Waals surface area contributed by atoms with Crippen molar-refractivity contribution in [3.05, 3.63) is 29.8 Å². The molecular weight excluding hydrogens is 286 g/mol. The molecule has 21 heavy (non-hydrogen) atoms. The van der Waals surface area contributed by atoms with Gasteiger partial charge in [0.05, 0.1) is 0 Å². The van der Waals surface area contributed by atoms with Gasteiger partial charge in [-0.2, -0.15) is 0 Å². The van der Waals surface area contributed by atoms with E-state index in [1.165, 1.54) is 6.42 Å². The highest BCUT2D eigenvalue weighted by Crippen LogP contribution is 2.23. The van der Waals surface area contributed by atoms with E-state index in [2.05, 4.69) is 10.6 Å². The zero-order valence-electron chi connectivity index (χ0n) is 11.7. The van der Waals surface area contributed by atoms with Gasteiger partial charge in [-0.15, -0.1) is 0 Å². The second-order valence-electron chi connectivity index (χ2n) is 5.22. The fourth-order valence-corrected chi connectivity index (χ4v) is 2.71. The third kappa shape index (κ3) is 4.53. The maximum absolute atomic E-state index is 12.1. The number of carbonyl (C=O) groups excluding carboxylic acids is 2. The molecule has 0 saturated heterocycles. The van der Waals surface area contributed by atoms with Crippen LogP contribution in [0.25, 0.3) is 0 Å². The third-order valence-electron chi connectivity index (χ3n) is 3.62. The molecule has 1 fully saturated rings. The molecule has 0 bridgehead atoms. The lowest BCUT2D eigenvalue weighted by molar-refractivity contribution is -0.124. The Hall–Kier alpha value is -1.95. The monoisotopic (exact) mass is 305 g/mol. The second kappa shape index (κ2) is 7.17. The molecule has 0 radical (unpaired) electrons. The van der Waals surface area contributed by atoms with Crippen LogP contribution >= 0.6 is 12.2 Å². The van der Waals surface area contributed by atoms with Gasteiger partial charge in [0.2, 0.25) is 11.8 Å². The number of rotatable bonds is 3. The third-order valence-corrected chi connectivity index (χ3v) is 3.82. The van der Waals surface area contributed by atoms with Gasteiger partial charge in [-0.25, -0.2) is 0 Å². The van der Waals surface area contributed by atoms with Crippen molar-refractivity contribution < 1.29 is 9.59 Å². The lowest BCUT2D eigenvalue weighted by atomic mass is 9.89. The molecule has 1 aliphatic carbocycles. The number of thiocarbonyl (C=S) groups is 1. The summed E-state index contributed by atoms with van der Waals surface area (Å²) in [5, 5.41) is 5.85. The topological polar surface area (TPSA) is 84.2 Å². The summed E-state index contributed by atoms with van der Waals surface area (Å²) < 4.78 is 0. The summed E-state index contributed by atoms with van der Waals surface area (Å²) >= 11 is 5.13. The van der Waals surface area contributed by atoms with E-state index in [1.54, 1.807) is 24.3 Å². The van der Waals surface area contributed by atoms with Gasteiger partial charge in [0.25, 0.3) is 0 Å². The lowest BCUT2D eigenvalue weighted by Crippen LogP contribution is -2.39. The molecule has 0 unspecified atom stereocenters. The zero-order valence-corrected chi connectivity index (χ0v) is 12.5. The van der Waals surface area contributed by atoms with Gasteiger partial charge in [0.1, 0.15) is 0 Å². The van der Waals surface area contributed by atoms with Crippen LogP contribution in [0.15, 0.2) is 24.3 Å².